The van der Waals surface area contributed by atoms with E-state index in [9.17, 15) is 0 Å². The third kappa shape index (κ3) is 6.39. The van der Waals surface area contributed by atoms with Crippen LogP contribution in [-0.4, -0.2) is 37.1 Å². The van der Waals surface area contributed by atoms with Crippen LogP contribution in [0, 0.1) is 0 Å². The molecule has 5 nitrogen and oxygen atoms in total. The van der Waals surface area contributed by atoms with Crippen LogP contribution >= 0.6 is 11.6 Å². The van der Waals surface area contributed by atoms with Gasteiger partial charge in [-0.1, -0.05) is 29.3 Å². The predicted octanol–water partition coefficient (Wildman–Crippen LogP) is 1.87. The molecule has 1 unspecified atom stereocenters. The van der Waals surface area contributed by atoms with Crippen LogP contribution in [0.25, 0.3) is 0 Å². The topological polar surface area (TPSA) is 88.8 Å². The lowest BCUT2D eigenvalue weighted by Crippen LogP contribution is -2.27. The minimum absolute atomic E-state index is 0.242. The Morgan fingerprint density at radius 3 is 2.95 bits per heavy atom. The van der Waals surface area contributed by atoms with E-state index >= 15 is 0 Å². The molecule has 120 valence electrons. The highest BCUT2D eigenvalue weighted by Gasteiger charge is 2.13. The fourth-order valence-electron chi connectivity index (χ4n) is 1.72. The second kappa shape index (κ2) is 10.1. The maximum absolute atomic E-state index is 6.05. The van der Waals surface area contributed by atoms with Gasteiger partial charge in [0.1, 0.15) is 5.17 Å². The number of aliphatic imine (C=N–C) groups is 2. The fraction of sp³-hybridized carbons (Fsp3) is 0.375. The quantitative estimate of drug-likeness (QED) is 0.494. The molecule has 1 heterocycles. The van der Waals surface area contributed by atoms with Crippen molar-refractivity contribution >= 4 is 23.0 Å². The first kappa shape index (κ1) is 18.4. The molecule has 1 rings (SSSR count). The van der Waals surface area contributed by atoms with Crippen molar-refractivity contribution < 1.29 is 0 Å². The van der Waals surface area contributed by atoms with E-state index in [0.29, 0.717) is 24.8 Å². The standard InChI is InChI=1S/C16H24ClN5/c1-3-12(2)8-13(9-20-7-5-18)10-21-11-14-15(19)4-6-22-16(14)17/h3-4,6,8-9,11,15,21H,5,7,10,18-19H2,1-2H3/b12-3+,13-8+,14-11+,20-9?. The molecule has 0 amide bonds. The molecule has 0 aliphatic carbocycles. The lowest BCUT2D eigenvalue weighted by atomic mass is 10.1. The van der Waals surface area contributed by atoms with Gasteiger partial charge in [0.05, 0.1) is 12.6 Å². The average Bonchev–Trinajstić information content (AvgIpc) is 2.50. The molecule has 0 fully saturated rings. The minimum atomic E-state index is -0.242. The highest BCUT2D eigenvalue weighted by Crippen LogP contribution is 2.12. The molecule has 0 aromatic carbocycles. The molecule has 0 radical (unpaired) electrons. The Morgan fingerprint density at radius 2 is 2.32 bits per heavy atom. The van der Waals surface area contributed by atoms with Crippen molar-refractivity contribution in [2.45, 2.75) is 19.9 Å². The van der Waals surface area contributed by atoms with E-state index in [1.54, 1.807) is 18.5 Å². The predicted molar refractivity (Wildman–Crippen MR) is 96.4 cm³/mol. The summed E-state index contributed by atoms with van der Waals surface area (Å²) in [5, 5.41) is 3.62. The lowest BCUT2D eigenvalue weighted by molar-refractivity contribution is 0.910. The van der Waals surface area contributed by atoms with Gasteiger partial charge in [-0.3, -0.25) is 4.99 Å². The van der Waals surface area contributed by atoms with E-state index in [1.807, 2.05) is 26.1 Å². The van der Waals surface area contributed by atoms with Crippen molar-refractivity contribution in [3.8, 4) is 0 Å². The molecular weight excluding hydrogens is 298 g/mol. The zero-order valence-corrected chi connectivity index (χ0v) is 13.8. The molecule has 1 atom stereocenters. The van der Waals surface area contributed by atoms with Gasteiger partial charge >= 0.3 is 0 Å². The van der Waals surface area contributed by atoms with E-state index in [0.717, 1.165) is 11.1 Å². The van der Waals surface area contributed by atoms with Gasteiger partial charge < -0.3 is 16.8 Å². The van der Waals surface area contributed by atoms with Crippen molar-refractivity contribution in [2.75, 3.05) is 19.6 Å². The second-order valence-electron chi connectivity index (χ2n) is 4.84. The van der Waals surface area contributed by atoms with Crippen LogP contribution in [-0.2, 0) is 0 Å². The third-order valence-electron chi connectivity index (χ3n) is 3.03. The molecule has 1 aliphatic rings. The molecule has 1 aliphatic heterocycles. The Labute approximate surface area is 137 Å². The third-order valence-corrected chi connectivity index (χ3v) is 3.34. The summed E-state index contributed by atoms with van der Waals surface area (Å²) in [6.45, 7) is 5.81. The Morgan fingerprint density at radius 1 is 1.55 bits per heavy atom. The van der Waals surface area contributed by atoms with Gasteiger partial charge in [-0.25, -0.2) is 4.99 Å². The summed E-state index contributed by atoms with van der Waals surface area (Å²) >= 11 is 6.05. The lowest BCUT2D eigenvalue weighted by Gasteiger charge is -2.14. The molecule has 22 heavy (non-hydrogen) atoms. The second-order valence-corrected chi connectivity index (χ2v) is 5.20. The van der Waals surface area contributed by atoms with Crippen LogP contribution in [0.2, 0.25) is 0 Å². The summed E-state index contributed by atoms with van der Waals surface area (Å²) in [5.41, 5.74) is 14.4. The first-order valence-corrected chi connectivity index (χ1v) is 7.59. The number of hydrogen-bond donors (Lipinski definition) is 3. The van der Waals surface area contributed by atoms with Crippen LogP contribution in [0.1, 0.15) is 13.8 Å². The smallest absolute Gasteiger partial charge is 0.135 e. The van der Waals surface area contributed by atoms with Crippen LogP contribution in [0.4, 0.5) is 0 Å². The van der Waals surface area contributed by atoms with Gasteiger partial charge in [0.15, 0.2) is 0 Å². The minimum Gasteiger partial charge on any atom is -0.386 e. The molecule has 0 spiro atoms. The van der Waals surface area contributed by atoms with Crippen LogP contribution in [0.15, 0.2) is 57.3 Å². The highest BCUT2D eigenvalue weighted by molar-refractivity contribution is 6.70. The summed E-state index contributed by atoms with van der Waals surface area (Å²) in [6, 6.07) is -0.242. The molecule has 0 saturated heterocycles. The summed E-state index contributed by atoms with van der Waals surface area (Å²) in [6.07, 6.45) is 11.2. The normalized spacial score (nSPS) is 21.6. The van der Waals surface area contributed by atoms with Gasteiger partial charge in [0.2, 0.25) is 0 Å². The van der Waals surface area contributed by atoms with Crippen molar-refractivity contribution in [3.05, 3.63) is 47.3 Å². The molecule has 0 aromatic rings. The Balaban J connectivity index is 2.73. The van der Waals surface area contributed by atoms with E-state index in [1.165, 1.54) is 5.57 Å². The fourth-order valence-corrected chi connectivity index (χ4v) is 1.95. The monoisotopic (exact) mass is 321 g/mol. The van der Waals surface area contributed by atoms with Crippen LogP contribution in [0.5, 0.6) is 0 Å². The molecule has 5 N–H and O–H groups in total. The number of allylic oxidation sites excluding steroid dienone is 3. The van der Waals surface area contributed by atoms with Crippen molar-refractivity contribution in [1.29, 1.82) is 0 Å². The van der Waals surface area contributed by atoms with Crippen molar-refractivity contribution in [1.82, 2.24) is 5.32 Å². The van der Waals surface area contributed by atoms with Gasteiger partial charge in [-0.05, 0) is 25.5 Å². The summed E-state index contributed by atoms with van der Waals surface area (Å²) < 4.78 is 0. The number of halogens is 1. The van der Waals surface area contributed by atoms with Crippen molar-refractivity contribution in [3.63, 3.8) is 0 Å². The highest BCUT2D eigenvalue weighted by atomic mass is 35.5. The summed E-state index contributed by atoms with van der Waals surface area (Å²) in [7, 11) is 0. The molecule has 0 aromatic heterocycles. The van der Waals surface area contributed by atoms with Crippen LogP contribution in [0.3, 0.4) is 0 Å². The zero-order chi connectivity index (χ0) is 16.4. The Bertz CT molecular complexity index is 541. The molecule has 0 bridgehead atoms. The number of nitrogens with zero attached hydrogens (tertiary/aromatic N) is 2. The van der Waals surface area contributed by atoms with E-state index in [2.05, 4.69) is 21.4 Å². The Kier molecular flexibility index (Phi) is 8.43. The summed E-state index contributed by atoms with van der Waals surface area (Å²) in [5.74, 6) is 0. The van der Waals surface area contributed by atoms with E-state index in [-0.39, 0.29) is 6.04 Å². The summed E-state index contributed by atoms with van der Waals surface area (Å²) in [4.78, 5) is 8.31. The van der Waals surface area contributed by atoms with Crippen molar-refractivity contribution in [2.24, 2.45) is 21.5 Å². The van der Waals surface area contributed by atoms with Crippen LogP contribution < -0.4 is 16.8 Å². The largest absolute Gasteiger partial charge is 0.386 e. The first-order valence-electron chi connectivity index (χ1n) is 7.21. The van der Waals surface area contributed by atoms with Gasteiger partial charge in [-0.15, -0.1) is 0 Å². The molecule has 0 saturated carbocycles. The van der Waals surface area contributed by atoms with Gasteiger partial charge in [0, 0.05) is 37.3 Å². The molecular formula is C16H24ClN5. The molecule has 6 heteroatoms. The maximum Gasteiger partial charge on any atom is 0.135 e. The van der Waals surface area contributed by atoms with E-state index in [4.69, 9.17) is 23.1 Å². The number of hydrogen-bond acceptors (Lipinski definition) is 5. The Hall–Kier alpha value is -1.69. The zero-order valence-electron chi connectivity index (χ0n) is 13.1. The number of nitrogens with one attached hydrogen (secondary N) is 1. The SMILES string of the molecule is C/C=C(C)/C=C(\C=NCCN)CN/C=C1/C(Cl)=NC=CC1N. The van der Waals surface area contributed by atoms with E-state index < -0.39 is 0 Å². The van der Waals surface area contributed by atoms with Gasteiger partial charge in [0.25, 0.3) is 0 Å². The van der Waals surface area contributed by atoms with Gasteiger partial charge in [-0.2, -0.15) is 0 Å². The average molecular weight is 322 g/mol. The first-order chi connectivity index (χ1) is 10.6. The number of nitrogens with two attached hydrogens (primary N) is 2. The number of rotatable bonds is 7. The maximum atomic E-state index is 6.05.